The molecule has 0 spiro atoms. The molecule has 0 aliphatic rings. The summed E-state index contributed by atoms with van der Waals surface area (Å²) in [5, 5.41) is 4.69. The molecule has 1 heterocycles. The molecule has 0 fully saturated rings. The molecule has 0 aliphatic carbocycles. The summed E-state index contributed by atoms with van der Waals surface area (Å²) in [5.41, 5.74) is 7.74. The molecule has 2 rings (SSSR count). The zero-order valence-corrected chi connectivity index (χ0v) is 12.8. The summed E-state index contributed by atoms with van der Waals surface area (Å²) >= 11 is 1.44. The molecule has 0 saturated carbocycles. The molecular weight excluding hydrogens is 282 g/mol. The maximum atomic E-state index is 12.2. The molecule has 0 saturated heterocycles. The molecule has 5 heteroatoms. The lowest BCUT2D eigenvalue weighted by atomic mass is 10.2. The van der Waals surface area contributed by atoms with Crippen LogP contribution in [0.25, 0.3) is 0 Å². The molecule has 0 radical (unpaired) electrons. The summed E-state index contributed by atoms with van der Waals surface area (Å²) in [6.45, 7) is 0.316. The fourth-order valence-corrected chi connectivity index (χ4v) is 2.48. The summed E-state index contributed by atoms with van der Waals surface area (Å²) in [5.74, 6) is 5.57. The van der Waals surface area contributed by atoms with Crippen molar-refractivity contribution in [3.8, 4) is 11.8 Å². The highest BCUT2D eigenvalue weighted by Gasteiger charge is 2.09. The van der Waals surface area contributed by atoms with Crippen LogP contribution in [0.15, 0.2) is 35.7 Å². The normalized spacial score (nSPS) is 9.67. The quantitative estimate of drug-likeness (QED) is 0.856. The molecule has 0 unspecified atom stereocenters. The van der Waals surface area contributed by atoms with E-state index in [9.17, 15) is 4.79 Å². The third kappa shape index (κ3) is 4.09. The highest BCUT2D eigenvalue weighted by Crippen LogP contribution is 2.19. The number of carbonyl (C=O) groups is 1. The van der Waals surface area contributed by atoms with Gasteiger partial charge >= 0.3 is 0 Å². The van der Waals surface area contributed by atoms with E-state index in [1.165, 1.54) is 11.3 Å². The predicted molar refractivity (Wildman–Crippen MR) is 89.0 cm³/mol. The van der Waals surface area contributed by atoms with Crippen LogP contribution in [0, 0.1) is 11.8 Å². The number of nitrogens with two attached hydrogens (primary N) is 1. The van der Waals surface area contributed by atoms with Crippen molar-refractivity contribution in [2.45, 2.75) is 0 Å². The fourth-order valence-electron chi connectivity index (χ4n) is 1.72. The lowest BCUT2D eigenvalue weighted by Gasteiger charge is -2.13. The van der Waals surface area contributed by atoms with Crippen LogP contribution in [0.3, 0.4) is 0 Å². The van der Waals surface area contributed by atoms with Crippen molar-refractivity contribution >= 4 is 28.6 Å². The predicted octanol–water partition coefficient (Wildman–Crippen LogP) is 2.38. The Morgan fingerprint density at radius 2 is 2.19 bits per heavy atom. The Hall–Kier alpha value is -2.29. The van der Waals surface area contributed by atoms with Crippen LogP contribution in [0.2, 0.25) is 0 Å². The van der Waals surface area contributed by atoms with Gasteiger partial charge in [-0.1, -0.05) is 17.9 Å². The molecule has 3 N–H and O–H groups in total. The second-order valence-electron chi connectivity index (χ2n) is 4.60. The number of hydrogen-bond acceptors (Lipinski definition) is 4. The Bertz CT molecular complexity index is 695. The Labute approximate surface area is 128 Å². The van der Waals surface area contributed by atoms with Gasteiger partial charge in [0.25, 0.3) is 5.91 Å². The van der Waals surface area contributed by atoms with Crippen molar-refractivity contribution in [3.05, 3.63) is 46.2 Å². The molecule has 1 aromatic heterocycles. The van der Waals surface area contributed by atoms with E-state index < -0.39 is 0 Å². The van der Waals surface area contributed by atoms with Crippen molar-refractivity contribution in [3.63, 3.8) is 0 Å². The number of amides is 1. The molecule has 0 bridgehead atoms. The summed E-state index contributed by atoms with van der Waals surface area (Å²) in [7, 11) is 3.92. The van der Waals surface area contributed by atoms with Crippen molar-refractivity contribution in [2.24, 2.45) is 5.73 Å². The van der Waals surface area contributed by atoms with Crippen molar-refractivity contribution in [1.29, 1.82) is 0 Å². The average Bonchev–Trinajstić information content (AvgIpc) is 2.94. The summed E-state index contributed by atoms with van der Waals surface area (Å²) in [4.78, 5) is 15.0. The van der Waals surface area contributed by atoms with Gasteiger partial charge in [-0.25, -0.2) is 0 Å². The first kappa shape index (κ1) is 15.1. The molecular formula is C16H17N3OS. The van der Waals surface area contributed by atoms with E-state index in [0.717, 1.165) is 16.3 Å². The number of thiophene rings is 1. The van der Waals surface area contributed by atoms with Gasteiger partial charge in [0.05, 0.1) is 17.0 Å². The third-order valence-electron chi connectivity index (χ3n) is 2.80. The van der Waals surface area contributed by atoms with Gasteiger partial charge in [-0.15, -0.1) is 11.3 Å². The SMILES string of the molecule is CN(C)c1cccc(NC(=O)c2csc(C#CCN)c2)c1. The first-order valence-electron chi connectivity index (χ1n) is 6.46. The molecule has 108 valence electrons. The summed E-state index contributed by atoms with van der Waals surface area (Å²) < 4.78 is 0. The zero-order chi connectivity index (χ0) is 15.2. The number of anilines is 2. The number of nitrogens with one attached hydrogen (secondary N) is 1. The second-order valence-corrected chi connectivity index (χ2v) is 5.52. The Kier molecular flexibility index (Phi) is 4.99. The van der Waals surface area contributed by atoms with Crippen molar-refractivity contribution in [2.75, 3.05) is 30.9 Å². The molecule has 1 amide bonds. The molecule has 0 aliphatic heterocycles. The smallest absolute Gasteiger partial charge is 0.256 e. The minimum Gasteiger partial charge on any atom is -0.378 e. The monoisotopic (exact) mass is 299 g/mol. The van der Waals surface area contributed by atoms with E-state index in [1.807, 2.05) is 43.3 Å². The first-order valence-corrected chi connectivity index (χ1v) is 7.34. The van der Waals surface area contributed by atoms with Crippen LogP contribution in [-0.4, -0.2) is 26.5 Å². The third-order valence-corrected chi connectivity index (χ3v) is 3.64. The van der Waals surface area contributed by atoms with Gasteiger partial charge in [0.1, 0.15) is 0 Å². The Balaban J connectivity index is 2.11. The van der Waals surface area contributed by atoms with E-state index >= 15 is 0 Å². The van der Waals surface area contributed by atoms with E-state index in [2.05, 4.69) is 17.2 Å². The summed E-state index contributed by atoms with van der Waals surface area (Å²) in [6, 6.07) is 9.47. The second kappa shape index (κ2) is 6.93. The number of rotatable bonds is 3. The van der Waals surface area contributed by atoms with E-state index in [-0.39, 0.29) is 5.91 Å². The minimum absolute atomic E-state index is 0.136. The minimum atomic E-state index is -0.136. The van der Waals surface area contributed by atoms with Crippen LogP contribution < -0.4 is 16.0 Å². The zero-order valence-electron chi connectivity index (χ0n) is 12.0. The van der Waals surface area contributed by atoms with E-state index in [1.54, 1.807) is 11.4 Å². The maximum Gasteiger partial charge on any atom is 0.256 e. The van der Waals surface area contributed by atoms with Gasteiger partial charge in [-0.2, -0.15) is 0 Å². The van der Waals surface area contributed by atoms with Crippen LogP contribution in [-0.2, 0) is 0 Å². The maximum absolute atomic E-state index is 12.2. The van der Waals surface area contributed by atoms with Gasteiger partial charge in [-0.05, 0) is 24.3 Å². The lowest BCUT2D eigenvalue weighted by molar-refractivity contribution is 0.102. The van der Waals surface area contributed by atoms with Gasteiger partial charge in [-0.3, -0.25) is 4.79 Å². The van der Waals surface area contributed by atoms with Crippen molar-refractivity contribution < 1.29 is 4.79 Å². The average molecular weight is 299 g/mol. The van der Waals surface area contributed by atoms with Gasteiger partial charge in [0.15, 0.2) is 0 Å². The molecule has 4 nitrogen and oxygen atoms in total. The standard InChI is InChI=1S/C16H17N3OS/c1-19(2)14-6-3-5-13(10-14)18-16(20)12-9-15(21-11-12)7-4-8-17/h3,5-6,9-11H,8,17H2,1-2H3,(H,18,20). The molecule has 1 aromatic carbocycles. The number of benzene rings is 1. The van der Waals surface area contributed by atoms with Crippen LogP contribution >= 0.6 is 11.3 Å². The molecule has 21 heavy (non-hydrogen) atoms. The molecule has 2 aromatic rings. The van der Waals surface area contributed by atoms with Gasteiger partial charge in [0.2, 0.25) is 0 Å². The van der Waals surface area contributed by atoms with Gasteiger partial charge in [0, 0.05) is 30.9 Å². The largest absolute Gasteiger partial charge is 0.378 e. The van der Waals surface area contributed by atoms with Crippen molar-refractivity contribution in [1.82, 2.24) is 0 Å². The number of nitrogens with zero attached hydrogens (tertiary/aromatic N) is 1. The van der Waals surface area contributed by atoms with E-state index in [0.29, 0.717) is 12.1 Å². The molecule has 0 atom stereocenters. The van der Waals surface area contributed by atoms with Gasteiger partial charge < -0.3 is 16.0 Å². The highest BCUT2D eigenvalue weighted by atomic mass is 32.1. The topological polar surface area (TPSA) is 58.4 Å². The Morgan fingerprint density at radius 3 is 2.90 bits per heavy atom. The first-order chi connectivity index (χ1) is 10.1. The fraction of sp³-hybridized carbons (Fsp3) is 0.188. The Morgan fingerprint density at radius 1 is 1.38 bits per heavy atom. The van der Waals surface area contributed by atoms with Crippen LogP contribution in [0.1, 0.15) is 15.2 Å². The highest BCUT2D eigenvalue weighted by molar-refractivity contribution is 7.10. The van der Waals surface area contributed by atoms with E-state index in [4.69, 9.17) is 5.73 Å². The number of hydrogen-bond donors (Lipinski definition) is 2. The lowest BCUT2D eigenvalue weighted by Crippen LogP contribution is -2.12. The van der Waals surface area contributed by atoms with Crippen LogP contribution in [0.5, 0.6) is 0 Å². The van der Waals surface area contributed by atoms with Crippen LogP contribution in [0.4, 0.5) is 11.4 Å². The summed E-state index contributed by atoms with van der Waals surface area (Å²) in [6.07, 6.45) is 0. The number of carbonyl (C=O) groups excluding carboxylic acids is 1.